The van der Waals surface area contributed by atoms with E-state index in [2.05, 4.69) is 103 Å². The molecule has 0 saturated carbocycles. The molecule has 0 unspecified atom stereocenters. The van der Waals surface area contributed by atoms with E-state index in [0.29, 0.717) is 17.5 Å². The van der Waals surface area contributed by atoms with Crippen LogP contribution in [0.2, 0.25) is 0 Å². The molecule has 0 atom stereocenters. The van der Waals surface area contributed by atoms with Gasteiger partial charge in [0, 0.05) is 37.4 Å². The quantitative estimate of drug-likeness (QED) is 0.158. The number of rotatable bonds is 6. The zero-order chi connectivity index (χ0) is 30.7. The Morgan fingerprint density at radius 2 is 0.957 bits per heavy atom. The van der Waals surface area contributed by atoms with Gasteiger partial charge in [-0.2, -0.15) is 0 Å². The van der Waals surface area contributed by atoms with Crippen LogP contribution in [0.5, 0.6) is 0 Å². The minimum Gasteiger partial charge on any atom is -0.304 e. The summed E-state index contributed by atoms with van der Waals surface area (Å²) >= 11 is 0. The molecule has 8 aromatic rings. The summed E-state index contributed by atoms with van der Waals surface area (Å²) in [6.45, 7) is 0. The zero-order valence-electron chi connectivity index (χ0n) is 25.2. The Hall–Kier alpha value is -5.61. The van der Waals surface area contributed by atoms with E-state index in [4.69, 9.17) is 19.9 Å². The first-order valence-corrected chi connectivity index (χ1v) is 15.2. The first-order valence-electron chi connectivity index (χ1n) is 15.2. The van der Waals surface area contributed by atoms with Gasteiger partial charge in [0.2, 0.25) is 0 Å². The van der Waals surface area contributed by atoms with Gasteiger partial charge in [-0.05, 0) is 38.7 Å². The summed E-state index contributed by atoms with van der Waals surface area (Å²) in [7, 11) is 0. The van der Waals surface area contributed by atoms with Gasteiger partial charge < -0.3 is 4.98 Å². The van der Waals surface area contributed by atoms with Crippen LogP contribution >= 0.6 is 0 Å². The molecule has 0 fully saturated rings. The fourth-order valence-corrected chi connectivity index (χ4v) is 5.73. The molecule has 0 aliphatic rings. The second kappa shape index (κ2) is 13.4. The molecule has 4 nitrogen and oxygen atoms in total. The summed E-state index contributed by atoms with van der Waals surface area (Å²) < 4.78 is 0. The molecule has 2 heterocycles. The van der Waals surface area contributed by atoms with Crippen LogP contribution in [0.15, 0.2) is 164 Å². The first-order chi connectivity index (χ1) is 22.8. The van der Waals surface area contributed by atoms with E-state index < -0.39 is 0 Å². The van der Waals surface area contributed by atoms with E-state index >= 15 is 0 Å². The molecule has 0 aliphatic carbocycles. The minimum atomic E-state index is 0. The molecule has 0 aliphatic heterocycles. The van der Waals surface area contributed by atoms with Crippen molar-refractivity contribution < 1.29 is 20.1 Å². The van der Waals surface area contributed by atoms with Crippen LogP contribution in [0.1, 0.15) is 0 Å². The monoisotopic (exact) mass is 780 g/mol. The van der Waals surface area contributed by atoms with Gasteiger partial charge in [-0.1, -0.05) is 145 Å². The second-order valence-corrected chi connectivity index (χ2v) is 11.1. The van der Waals surface area contributed by atoms with Crippen molar-refractivity contribution in [2.24, 2.45) is 0 Å². The van der Waals surface area contributed by atoms with Gasteiger partial charge in [0.25, 0.3) is 0 Å². The van der Waals surface area contributed by atoms with Gasteiger partial charge in [-0.3, -0.25) is 0 Å². The third-order valence-corrected chi connectivity index (χ3v) is 8.11. The third-order valence-electron chi connectivity index (χ3n) is 8.11. The van der Waals surface area contributed by atoms with Crippen molar-refractivity contribution in [1.29, 1.82) is 0 Å². The molecule has 0 spiro atoms. The topological polar surface area (TPSA) is 51.6 Å². The van der Waals surface area contributed by atoms with Crippen molar-refractivity contribution >= 4 is 10.8 Å². The number of nitrogens with zero attached hydrogens (tertiary/aromatic N) is 4. The Morgan fingerprint density at radius 3 is 1.70 bits per heavy atom. The zero-order valence-corrected chi connectivity index (χ0v) is 27.6. The van der Waals surface area contributed by atoms with Crippen molar-refractivity contribution in [2.75, 3.05) is 0 Å². The number of aromatic nitrogens is 4. The van der Waals surface area contributed by atoms with E-state index in [1.165, 1.54) is 5.56 Å². The van der Waals surface area contributed by atoms with Crippen molar-refractivity contribution in [3.8, 4) is 67.7 Å². The molecule has 8 rings (SSSR count). The summed E-state index contributed by atoms with van der Waals surface area (Å²) in [5, 5.41) is 2.23. The molecular weight excluding hydrogens is 753 g/mol. The van der Waals surface area contributed by atoms with Crippen LogP contribution in [-0.4, -0.2) is 19.9 Å². The maximum Gasteiger partial charge on any atom is 0.164 e. The maximum absolute atomic E-state index is 5.08. The summed E-state index contributed by atoms with van der Waals surface area (Å²) in [5.74, 6) is 1.82. The van der Waals surface area contributed by atoms with Gasteiger partial charge in [0.15, 0.2) is 11.6 Å². The number of fused-ring (bicyclic) bond motifs is 1. The molecule has 47 heavy (non-hydrogen) atoms. The van der Waals surface area contributed by atoms with Crippen molar-refractivity contribution in [3.05, 3.63) is 170 Å². The van der Waals surface area contributed by atoms with Crippen LogP contribution < -0.4 is 0 Å². The summed E-state index contributed by atoms with van der Waals surface area (Å²) in [5.41, 5.74) is 8.92. The van der Waals surface area contributed by atoms with Crippen LogP contribution in [0.4, 0.5) is 0 Å². The Morgan fingerprint density at radius 1 is 0.404 bits per heavy atom. The Balaban J connectivity index is 0.00000351. The predicted molar refractivity (Wildman–Crippen MR) is 187 cm³/mol. The minimum absolute atomic E-state index is 0. The van der Waals surface area contributed by atoms with Crippen molar-refractivity contribution in [2.45, 2.75) is 0 Å². The largest absolute Gasteiger partial charge is 0.304 e. The first kappa shape index (κ1) is 30.1. The van der Waals surface area contributed by atoms with Gasteiger partial charge in [0.05, 0.1) is 0 Å². The SMILES string of the molecule is [Ir].[c-]1ccc(-c2nc(-c3ccc(-c4ccccc4)cc3)nc(-c3ccccc3-c3ccccc3)n2)cc1-c1cc2ccccc2cn1. The Kier molecular flexibility index (Phi) is 8.57. The standard InChI is InChI=1S/C42H27N4.Ir/c1-3-12-29(13-4-1)30-22-24-32(25-23-30)40-44-41(46-42(45-40)38-21-10-9-20-37(38)31-14-5-2-6-15-31)35-19-11-18-34(26-35)39-27-33-16-7-8-17-36(33)28-43-39;/h1-17,19-28H;/q-1;. The van der Waals surface area contributed by atoms with E-state index in [1.54, 1.807) is 0 Å². The van der Waals surface area contributed by atoms with Gasteiger partial charge in [-0.25, -0.2) is 15.0 Å². The van der Waals surface area contributed by atoms with Crippen LogP contribution in [-0.2, 0) is 20.1 Å². The number of hydrogen-bond acceptors (Lipinski definition) is 4. The fraction of sp³-hybridized carbons (Fsp3) is 0. The molecule has 0 N–H and O–H groups in total. The predicted octanol–water partition coefficient (Wildman–Crippen LogP) is 10.2. The average molecular weight is 780 g/mol. The molecule has 5 heteroatoms. The van der Waals surface area contributed by atoms with Crippen LogP contribution in [0.25, 0.3) is 78.4 Å². The molecule has 225 valence electrons. The number of hydrogen-bond donors (Lipinski definition) is 0. The molecular formula is C42H27IrN4-. The molecule has 0 amide bonds. The molecule has 0 saturated heterocycles. The molecule has 6 aromatic carbocycles. The summed E-state index contributed by atoms with van der Waals surface area (Å²) in [6, 6.07) is 57.0. The summed E-state index contributed by atoms with van der Waals surface area (Å²) in [4.78, 5) is 19.9. The van der Waals surface area contributed by atoms with Crippen molar-refractivity contribution in [1.82, 2.24) is 19.9 Å². The van der Waals surface area contributed by atoms with Crippen molar-refractivity contribution in [3.63, 3.8) is 0 Å². The Bertz CT molecular complexity index is 2300. The average Bonchev–Trinajstić information content (AvgIpc) is 3.15. The smallest absolute Gasteiger partial charge is 0.164 e. The fourth-order valence-electron chi connectivity index (χ4n) is 5.73. The van der Waals surface area contributed by atoms with Crippen LogP contribution in [0, 0.1) is 6.07 Å². The molecule has 0 bridgehead atoms. The number of pyridine rings is 1. The third kappa shape index (κ3) is 6.28. The summed E-state index contributed by atoms with van der Waals surface area (Å²) in [6.07, 6.45) is 1.91. The van der Waals surface area contributed by atoms with Gasteiger partial charge >= 0.3 is 0 Å². The van der Waals surface area contributed by atoms with E-state index in [9.17, 15) is 0 Å². The van der Waals surface area contributed by atoms with Gasteiger partial charge in [-0.15, -0.1) is 29.8 Å². The van der Waals surface area contributed by atoms with E-state index in [1.807, 2.05) is 66.9 Å². The molecule has 1 radical (unpaired) electrons. The normalized spacial score (nSPS) is 10.8. The number of benzene rings is 6. The second-order valence-electron chi connectivity index (χ2n) is 11.1. The maximum atomic E-state index is 5.08. The van der Waals surface area contributed by atoms with E-state index in [0.717, 1.165) is 55.4 Å². The van der Waals surface area contributed by atoms with E-state index in [-0.39, 0.29) is 20.1 Å². The Labute approximate surface area is 287 Å². The molecule has 2 aromatic heterocycles. The van der Waals surface area contributed by atoms with Crippen LogP contribution in [0.3, 0.4) is 0 Å². The van der Waals surface area contributed by atoms with Gasteiger partial charge in [0.1, 0.15) is 5.82 Å².